The molecule has 1 saturated heterocycles. The number of hydrogen-bond acceptors (Lipinski definition) is 3. The van der Waals surface area contributed by atoms with E-state index in [1.54, 1.807) is 6.20 Å². The van der Waals surface area contributed by atoms with E-state index < -0.39 is 0 Å². The van der Waals surface area contributed by atoms with Crippen LogP contribution in [0.25, 0.3) is 0 Å². The van der Waals surface area contributed by atoms with Crippen LogP contribution in [0.5, 0.6) is 0 Å². The minimum atomic E-state index is 0.136. The predicted molar refractivity (Wildman–Crippen MR) is 92.4 cm³/mol. The minimum Gasteiger partial charge on any atom is -0.337 e. The van der Waals surface area contributed by atoms with Crippen molar-refractivity contribution in [2.24, 2.45) is 11.8 Å². The molecule has 23 heavy (non-hydrogen) atoms. The molecule has 0 radical (unpaired) electrons. The van der Waals surface area contributed by atoms with Gasteiger partial charge in [0.2, 0.25) is 0 Å². The van der Waals surface area contributed by atoms with Crippen LogP contribution in [0, 0.1) is 18.8 Å². The molecular formula is C19H29N3O. The molecule has 2 fully saturated rings. The Morgan fingerprint density at radius 3 is 2.70 bits per heavy atom. The molecule has 1 saturated carbocycles. The molecule has 0 spiro atoms. The first kappa shape index (κ1) is 16.4. The Hall–Kier alpha value is -1.42. The van der Waals surface area contributed by atoms with Crippen molar-refractivity contribution in [2.75, 3.05) is 26.2 Å². The van der Waals surface area contributed by atoms with E-state index in [1.807, 2.05) is 24.0 Å². The molecule has 0 aromatic carbocycles. The number of pyridine rings is 1. The van der Waals surface area contributed by atoms with Gasteiger partial charge in [-0.3, -0.25) is 14.7 Å². The molecule has 1 atom stereocenters. The Kier molecular flexibility index (Phi) is 5.00. The smallest absolute Gasteiger partial charge is 0.255 e. The molecule has 1 aliphatic heterocycles. The molecule has 126 valence electrons. The number of amides is 1. The highest BCUT2D eigenvalue weighted by atomic mass is 16.2. The van der Waals surface area contributed by atoms with Crippen molar-refractivity contribution < 1.29 is 4.79 Å². The summed E-state index contributed by atoms with van der Waals surface area (Å²) in [6.07, 6.45) is 5.56. The lowest BCUT2D eigenvalue weighted by molar-refractivity contribution is 0.0704. The lowest BCUT2D eigenvalue weighted by atomic mass is 10.0. The van der Waals surface area contributed by atoms with Gasteiger partial charge in [0.15, 0.2) is 0 Å². The molecule has 1 aromatic heterocycles. The zero-order chi connectivity index (χ0) is 16.4. The first-order valence-corrected chi connectivity index (χ1v) is 9.00. The number of rotatable bonds is 4. The third-order valence-electron chi connectivity index (χ3n) is 5.15. The Balaban J connectivity index is 1.72. The average molecular weight is 315 g/mol. The van der Waals surface area contributed by atoms with E-state index in [2.05, 4.69) is 23.7 Å². The van der Waals surface area contributed by atoms with Gasteiger partial charge in [-0.2, -0.15) is 0 Å². The summed E-state index contributed by atoms with van der Waals surface area (Å²) in [5.74, 6) is 1.61. The minimum absolute atomic E-state index is 0.136. The second-order valence-corrected chi connectivity index (χ2v) is 7.54. The summed E-state index contributed by atoms with van der Waals surface area (Å²) in [4.78, 5) is 21.8. The van der Waals surface area contributed by atoms with E-state index >= 15 is 0 Å². The van der Waals surface area contributed by atoms with Gasteiger partial charge in [-0.05, 0) is 50.2 Å². The zero-order valence-electron chi connectivity index (χ0n) is 14.7. The van der Waals surface area contributed by atoms with Gasteiger partial charge in [0.05, 0.1) is 5.56 Å². The molecule has 1 amide bonds. The van der Waals surface area contributed by atoms with Crippen LogP contribution in [-0.2, 0) is 0 Å². The molecule has 4 heteroatoms. The Bertz CT molecular complexity index is 536. The Morgan fingerprint density at radius 2 is 2.09 bits per heavy atom. The van der Waals surface area contributed by atoms with Crippen molar-refractivity contribution in [3.8, 4) is 0 Å². The zero-order valence-corrected chi connectivity index (χ0v) is 14.7. The lowest BCUT2D eigenvalue weighted by Gasteiger charge is -2.34. The number of nitrogens with zero attached hydrogens (tertiary/aromatic N) is 3. The molecule has 3 rings (SSSR count). The van der Waals surface area contributed by atoms with Crippen molar-refractivity contribution in [3.63, 3.8) is 0 Å². The predicted octanol–water partition coefficient (Wildman–Crippen LogP) is 2.97. The number of carbonyl (C=O) groups excluding carboxylic acids is 1. The van der Waals surface area contributed by atoms with Crippen molar-refractivity contribution in [2.45, 2.75) is 46.1 Å². The van der Waals surface area contributed by atoms with E-state index in [9.17, 15) is 4.79 Å². The van der Waals surface area contributed by atoms with Crippen LogP contribution in [0.3, 0.4) is 0 Å². The van der Waals surface area contributed by atoms with Crippen LogP contribution >= 0.6 is 0 Å². The largest absolute Gasteiger partial charge is 0.337 e. The van der Waals surface area contributed by atoms with Gasteiger partial charge in [-0.15, -0.1) is 0 Å². The van der Waals surface area contributed by atoms with Crippen LogP contribution in [0.1, 0.15) is 49.2 Å². The number of aromatic nitrogens is 1. The second kappa shape index (κ2) is 7.00. The van der Waals surface area contributed by atoms with Crippen molar-refractivity contribution in [1.29, 1.82) is 0 Å². The standard InChI is InChI=1S/C19H29N3O/c1-14(2)18-13-22(10-4-9-21(18)12-16-6-7-16)19(23)17-8-5-15(3)20-11-17/h5,8,11,14,16,18H,4,6-7,9-10,12-13H2,1-3H3. The monoisotopic (exact) mass is 315 g/mol. The maximum absolute atomic E-state index is 12.8. The van der Waals surface area contributed by atoms with Gasteiger partial charge in [-0.25, -0.2) is 0 Å². The molecule has 0 bridgehead atoms. The van der Waals surface area contributed by atoms with Gasteiger partial charge in [-0.1, -0.05) is 13.8 Å². The van der Waals surface area contributed by atoms with Crippen molar-refractivity contribution >= 4 is 5.91 Å². The SMILES string of the molecule is Cc1ccc(C(=O)N2CCCN(CC3CC3)C(C(C)C)C2)cn1. The quantitative estimate of drug-likeness (QED) is 0.857. The lowest BCUT2D eigenvalue weighted by Crippen LogP contribution is -2.46. The van der Waals surface area contributed by atoms with Gasteiger partial charge < -0.3 is 4.90 Å². The van der Waals surface area contributed by atoms with Gasteiger partial charge in [0.25, 0.3) is 5.91 Å². The summed E-state index contributed by atoms with van der Waals surface area (Å²) < 4.78 is 0. The maximum Gasteiger partial charge on any atom is 0.255 e. The number of hydrogen-bond donors (Lipinski definition) is 0. The summed E-state index contributed by atoms with van der Waals surface area (Å²) in [6.45, 7) is 10.6. The molecular weight excluding hydrogens is 286 g/mol. The Labute approximate surface area is 139 Å². The number of aryl methyl sites for hydroxylation is 1. The summed E-state index contributed by atoms with van der Waals surface area (Å²) in [7, 11) is 0. The molecule has 2 heterocycles. The third kappa shape index (κ3) is 4.11. The van der Waals surface area contributed by atoms with Crippen molar-refractivity contribution in [3.05, 3.63) is 29.6 Å². The van der Waals surface area contributed by atoms with E-state index in [0.717, 1.165) is 37.7 Å². The summed E-state index contributed by atoms with van der Waals surface area (Å²) in [6, 6.07) is 4.30. The van der Waals surface area contributed by atoms with Crippen LogP contribution in [-0.4, -0.2) is 52.9 Å². The summed E-state index contributed by atoms with van der Waals surface area (Å²) >= 11 is 0. The van der Waals surface area contributed by atoms with Crippen LogP contribution < -0.4 is 0 Å². The third-order valence-corrected chi connectivity index (χ3v) is 5.15. The summed E-state index contributed by atoms with van der Waals surface area (Å²) in [5.41, 5.74) is 1.67. The van der Waals surface area contributed by atoms with Crippen LogP contribution in [0.4, 0.5) is 0 Å². The highest BCUT2D eigenvalue weighted by Gasteiger charge is 2.33. The highest BCUT2D eigenvalue weighted by Crippen LogP contribution is 2.32. The first-order chi connectivity index (χ1) is 11.0. The molecule has 4 nitrogen and oxygen atoms in total. The fraction of sp³-hybridized carbons (Fsp3) is 0.684. The van der Waals surface area contributed by atoms with E-state index in [4.69, 9.17) is 0 Å². The molecule has 0 N–H and O–H groups in total. The van der Waals surface area contributed by atoms with Gasteiger partial charge in [0, 0.05) is 44.1 Å². The second-order valence-electron chi connectivity index (χ2n) is 7.54. The Morgan fingerprint density at radius 1 is 1.30 bits per heavy atom. The maximum atomic E-state index is 12.8. The van der Waals surface area contributed by atoms with Gasteiger partial charge >= 0.3 is 0 Å². The average Bonchev–Trinajstić information content (AvgIpc) is 3.34. The van der Waals surface area contributed by atoms with Crippen LogP contribution in [0.15, 0.2) is 18.3 Å². The summed E-state index contributed by atoms with van der Waals surface area (Å²) in [5, 5.41) is 0. The highest BCUT2D eigenvalue weighted by molar-refractivity contribution is 5.94. The fourth-order valence-corrected chi connectivity index (χ4v) is 3.52. The molecule has 1 aromatic rings. The van der Waals surface area contributed by atoms with Crippen molar-refractivity contribution in [1.82, 2.24) is 14.8 Å². The molecule has 1 unspecified atom stereocenters. The molecule has 1 aliphatic carbocycles. The fourth-order valence-electron chi connectivity index (χ4n) is 3.52. The van der Waals surface area contributed by atoms with E-state index in [-0.39, 0.29) is 5.91 Å². The van der Waals surface area contributed by atoms with Gasteiger partial charge in [0.1, 0.15) is 0 Å². The van der Waals surface area contributed by atoms with E-state index in [0.29, 0.717) is 17.5 Å². The normalized spacial score (nSPS) is 23.1. The molecule has 2 aliphatic rings. The van der Waals surface area contributed by atoms with E-state index in [1.165, 1.54) is 19.4 Å². The number of carbonyl (C=O) groups is 1. The first-order valence-electron chi connectivity index (χ1n) is 9.00. The van der Waals surface area contributed by atoms with Crippen LogP contribution in [0.2, 0.25) is 0 Å². The topological polar surface area (TPSA) is 36.4 Å².